The Balaban J connectivity index is 1.21. The minimum atomic E-state index is -3.74. The number of hydrogen-bond donors (Lipinski definition) is 2. The second kappa shape index (κ2) is 16.8. The van der Waals surface area contributed by atoms with E-state index < -0.39 is 27.3 Å². The number of aromatic nitrogens is 2. The molecule has 0 radical (unpaired) electrons. The number of piperazine rings is 1. The number of methoxy groups -OCH3 is 1. The van der Waals surface area contributed by atoms with Gasteiger partial charge in [0.1, 0.15) is 21.2 Å². The predicted octanol–water partition coefficient (Wildman–Crippen LogP) is 5.03. The fraction of sp³-hybridized carbons (Fsp3) is 0.545. The molecule has 1 spiro atoms. The van der Waals surface area contributed by atoms with Crippen LogP contribution < -0.4 is 19.1 Å². The third-order valence-electron chi connectivity index (χ3n) is 13.3. The Morgan fingerprint density at radius 2 is 1.92 bits per heavy atom. The molecule has 1 aromatic heterocycles. The highest BCUT2D eigenvalue weighted by molar-refractivity contribution is 7.92. The van der Waals surface area contributed by atoms with Crippen molar-refractivity contribution in [3.05, 3.63) is 82.0 Å². The van der Waals surface area contributed by atoms with Gasteiger partial charge in [-0.3, -0.25) is 23.8 Å². The first-order valence-corrected chi connectivity index (χ1v) is 23.1. The smallest absolute Gasteiger partial charge is 0.286 e. The van der Waals surface area contributed by atoms with Crippen molar-refractivity contribution in [3.63, 3.8) is 0 Å². The Morgan fingerprint density at radius 3 is 2.67 bits per heavy atom. The number of rotatable bonds is 5. The van der Waals surface area contributed by atoms with E-state index in [2.05, 4.69) is 36.1 Å². The number of carbonyl (C=O) groups is 3. The number of fused-ring (bicyclic) bond motifs is 4. The number of ether oxygens (including phenoxy) is 2. The number of aryl methyl sites for hydroxylation is 2. The van der Waals surface area contributed by atoms with Crippen LogP contribution >= 0.6 is 11.6 Å². The van der Waals surface area contributed by atoms with Gasteiger partial charge in [-0.2, -0.15) is 0 Å². The van der Waals surface area contributed by atoms with Gasteiger partial charge in [0.25, 0.3) is 11.8 Å². The topological polar surface area (TPSA) is 159 Å². The molecule has 2 N–H and O–H groups in total. The molecule has 16 heteroatoms. The molecule has 14 nitrogen and oxygen atoms in total. The van der Waals surface area contributed by atoms with Gasteiger partial charge in [0, 0.05) is 68.5 Å². The highest BCUT2D eigenvalue weighted by Gasteiger charge is 2.49. The summed E-state index contributed by atoms with van der Waals surface area (Å²) in [6.07, 6.45) is 9.76. The summed E-state index contributed by atoms with van der Waals surface area (Å²) in [7, 11) is 1.33. The second-order valence-electron chi connectivity index (χ2n) is 17.7. The van der Waals surface area contributed by atoms with Gasteiger partial charge in [0.2, 0.25) is 11.8 Å². The zero-order valence-corrected chi connectivity index (χ0v) is 36.5. The van der Waals surface area contributed by atoms with Crippen LogP contribution in [-0.4, -0.2) is 118 Å². The van der Waals surface area contributed by atoms with Crippen LogP contribution in [0.2, 0.25) is 5.02 Å². The number of hydrogen-bond acceptors (Lipinski definition) is 10. The fourth-order valence-electron chi connectivity index (χ4n) is 9.92. The lowest BCUT2D eigenvalue weighted by atomic mass is 9.63. The van der Waals surface area contributed by atoms with Gasteiger partial charge in [-0.1, -0.05) is 36.7 Å². The van der Waals surface area contributed by atoms with Gasteiger partial charge in [-0.25, -0.2) is 4.21 Å². The van der Waals surface area contributed by atoms with Crippen LogP contribution in [0.1, 0.15) is 77.3 Å². The largest absolute Gasteiger partial charge is 0.490 e. The summed E-state index contributed by atoms with van der Waals surface area (Å²) in [6.45, 7) is 6.16. The van der Waals surface area contributed by atoms with Crippen molar-refractivity contribution in [2.75, 3.05) is 70.7 Å². The van der Waals surface area contributed by atoms with Gasteiger partial charge in [-0.15, -0.1) is 9.46 Å². The third-order valence-corrected chi connectivity index (χ3v) is 15.5. The van der Waals surface area contributed by atoms with Crippen molar-refractivity contribution >= 4 is 44.9 Å². The molecule has 6 atom stereocenters. The summed E-state index contributed by atoms with van der Waals surface area (Å²) in [5.41, 5.74) is 1.52. The van der Waals surface area contributed by atoms with Crippen LogP contribution in [0, 0.1) is 17.8 Å². The van der Waals surface area contributed by atoms with Crippen molar-refractivity contribution < 1.29 is 33.2 Å². The molecule has 322 valence electrons. The SMILES string of the molecule is COc1nn(C)cc1C(=O)NS1(=O)=NC(=O)c2ccc3c(c2)N(C[C@@H]2CC[C@H]2[C@](O)(CC(=O)N2CCN(C)CC2)/C=C\C[C@H](C)C1)C[C@@]1(CCCc2cc(Cl)ccc21)CO3. The molecule has 2 aromatic carbocycles. The summed E-state index contributed by atoms with van der Waals surface area (Å²) < 4.78 is 35.1. The summed E-state index contributed by atoms with van der Waals surface area (Å²) >= 11 is 6.50. The molecule has 5 aliphatic rings. The number of nitrogens with one attached hydrogen (secondary N) is 1. The molecule has 3 amide bonds. The Morgan fingerprint density at radius 1 is 1.12 bits per heavy atom. The lowest BCUT2D eigenvalue weighted by Crippen LogP contribution is -2.55. The van der Waals surface area contributed by atoms with Crippen LogP contribution in [0.3, 0.4) is 0 Å². The zero-order valence-electron chi connectivity index (χ0n) is 34.9. The first-order chi connectivity index (χ1) is 28.7. The summed E-state index contributed by atoms with van der Waals surface area (Å²) in [5.74, 6) is -1.60. The number of likely N-dealkylation sites (N-methyl/N-ethyl adjacent to an activating group) is 1. The Labute approximate surface area is 357 Å². The summed E-state index contributed by atoms with van der Waals surface area (Å²) in [4.78, 5) is 48.2. The lowest BCUT2D eigenvalue weighted by Gasteiger charge is -2.49. The monoisotopic (exact) mass is 861 g/mol. The molecule has 1 saturated carbocycles. The predicted molar refractivity (Wildman–Crippen MR) is 230 cm³/mol. The van der Waals surface area contributed by atoms with E-state index in [4.69, 9.17) is 21.1 Å². The van der Waals surface area contributed by atoms with Crippen LogP contribution in [0.15, 0.2) is 59.1 Å². The van der Waals surface area contributed by atoms with E-state index in [0.29, 0.717) is 55.7 Å². The second-order valence-corrected chi connectivity index (χ2v) is 20.1. The van der Waals surface area contributed by atoms with Crippen LogP contribution in [0.4, 0.5) is 5.69 Å². The van der Waals surface area contributed by atoms with Gasteiger partial charge < -0.3 is 29.3 Å². The minimum Gasteiger partial charge on any atom is -0.490 e. The highest BCUT2D eigenvalue weighted by atomic mass is 35.5. The summed E-state index contributed by atoms with van der Waals surface area (Å²) in [5, 5.41) is 17.6. The van der Waals surface area contributed by atoms with E-state index in [1.54, 1.807) is 31.3 Å². The molecule has 4 heterocycles. The Kier molecular flexibility index (Phi) is 11.8. The Hall–Kier alpha value is -4.44. The normalized spacial score (nSPS) is 30.2. The van der Waals surface area contributed by atoms with Crippen LogP contribution in [-0.2, 0) is 33.6 Å². The molecular weight excluding hydrogens is 806 g/mol. The Bertz CT molecular complexity index is 2320. The number of allylic oxidation sites excluding steroid dienone is 1. The molecule has 8 rings (SSSR count). The number of amides is 3. The van der Waals surface area contributed by atoms with Gasteiger partial charge >= 0.3 is 0 Å². The van der Waals surface area contributed by atoms with E-state index in [1.165, 1.54) is 29.1 Å². The lowest BCUT2D eigenvalue weighted by molar-refractivity contribution is -0.141. The number of aliphatic hydroxyl groups is 1. The highest BCUT2D eigenvalue weighted by Crippen LogP contribution is 2.49. The number of halogens is 1. The minimum absolute atomic E-state index is 0.0315. The van der Waals surface area contributed by atoms with Crippen LogP contribution in [0.5, 0.6) is 11.6 Å². The fourth-order valence-corrected chi connectivity index (χ4v) is 12.0. The van der Waals surface area contributed by atoms with Crippen LogP contribution in [0.25, 0.3) is 0 Å². The quantitative estimate of drug-likeness (QED) is 0.334. The molecule has 3 aromatic rings. The van der Waals surface area contributed by atoms with E-state index in [1.807, 2.05) is 31.0 Å². The van der Waals surface area contributed by atoms with E-state index in [9.17, 15) is 23.7 Å². The van der Waals surface area contributed by atoms with E-state index >= 15 is 0 Å². The van der Waals surface area contributed by atoms with Crippen molar-refractivity contribution in [2.45, 2.75) is 62.9 Å². The molecule has 2 bridgehead atoms. The zero-order chi connectivity index (χ0) is 42.4. The first kappa shape index (κ1) is 42.3. The van der Waals surface area contributed by atoms with Gasteiger partial charge in [0.05, 0.1) is 37.2 Å². The van der Waals surface area contributed by atoms with Crippen molar-refractivity contribution in [3.8, 4) is 11.6 Å². The third kappa shape index (κ3) is 8.55. The number of carbonyl (C=O) groups excluding carboxylic acids is 3. The first-order valence-electron chi connectivity index (χ1n) is 21.0. The number of anilines is 1. The van der Waals surface area contributed by atoms with Gasteiger partial charge in [-0.05, 0) is 105 Å². The van der Waals surface area contributed by atoms with E-state index in [-0.39, 0.29) is 58.3 Å². The summed E-state index contributed by atoms with van der Waals surface area (Å²) in [6, 6.07) is 11.3. The van der Waals surface area contributed by atoms with Crippen molar-refractivity contribution in [1.82, 2.24) is 24.3 Å². The molecule has 2 aliphatic carbocycles. The van der Waals surface area contributed by atoms with Crippen molar-refractivity contribution in [1.29, 1.82) is 0 Å². The maximum atomic E-state index is 14.8. The van der Waals surface area contributed by atoms with E-state index in [0.717, 1.165) is 45.2 Å². The average molecular weight is 862 g/mol. The van der Waals surface area contributed by atoms with Gasteiger partial charge in [0.15, 0.2) is 0 Å². The molecule has 3 aliphatic heterocycles. The molecule has 60 heavy (non-hydrogen) atoms. The maximum Gasteiger partial charge on any atom is 0.286 e. The molecule has 1 unspecified atom stereocenters. The molecule has 1 saturated heterocycles. The van der Waals surface area contributed by atoms with Crippen molar-refractivity contribution in [2.24, 2.45) is 29.2 Å². The standard InChI is InChI=1S/C44H56ClN7O7S/c1-29-7-5-16-44(56,23-39(53)51-19-17-49(2)18-20-51)36-12-9-32(36)24-52-27-43(15-6-8-30-21-33(45)11-13-35(30)43)28-59-38-14-10-31(22-37(38)52)40(54)47-60(57,26-29)48-41(55)34-25-50(3)46-42(34)58-4/h5,10-11,13-14,16,21-22,25,29,32,36,56H,6-9,12,15,17-20,23-24,26-28H2,1-4H3,(H,47,48,54,55,57)/b16-5-/t29-,32-,36+,43-,44+,60?/m0/s1. The number of benzene rings is 2. The number of nitrogens with zero attached hydrogens (tertiary/aromatic N) is 6. The molecule has 2 fully saturated rings. The molecular formula is C44H56ClN7O7S. The maximum absolute atomic E-state index is 14.8. The average Bonchev–Trinajstić information content (AvgIpc) is 3.51.